The minimum atomic E-state index is -0.597. The molecular weight excluding hydrogens is 228 g/mol. The van der Waals surface area contributed by atoms with Gasteiger partial charge in [-0.05, 0) is 23.1 Å². The third-order valence-electron chi connectivity index (χ3n) is 2.80. The van der Waals surface area contributed by atoms with E-state index >= 15 is 0 Å². The Hall–Kier alpha value is -2.36. The molecule has 0 aliphatic heterocycles. The fraction of sp³-hybridized carbons (Fsp3) is 0.143. The van der Waals surface area contributed by atoms with E-state index in [1.165, 1.54) is 5.56 Å². The van der Waals surface area contributed by atoms with Gasteiger partial charge >= 0.3 is 5.76 Å². The third-order valence-corrected chi connectivity index (χ3v) is 2.80. The predicted molar refractivity (Wildman–Crippen MR) is 71.0 cm³/mol. The first-order valence-corrected chi connectivity index (χ1v) is 5.65. The predicted octanol–water partition coefficient (Wildman–Crippen LogP) is 2.65. The van der Waals surface area contributed by atoms with Crippen LogP contribution in [0.2, 0.25) is 0 Å². The first-order valence-electron chi connectivity index (χ1n) is 5.65. The van der Waals surface area contributed by atoms with Crippen molar-refractivity contribution in [3.05, 3.63) is 64.9 Å². The number of aromatic nitrogens is 2. The number of H-pyrrole nitrogens is 1. The van der Waals surface area contributed by atoms with E-state index in [4.69, 9.17) is 0 Å². The maximum absolute atomic E-state index is 10.9. The number of rotatable bonds is 4. The number of nitrogens with one attached hydrogen (secondary N) is 1. The smallest absolute Gasteiger partial charge is 0.296 e. The number of nitrogens with zero attached hydrogens (tertiary/aromatic N) is 1. The van der Waals surface area contributed by atoms with Crippen LogP contribution in [0.15, 0.2) is 46.7 Å². The second-order valence-electron chi connectivity index (χ2n) is 3.95. The lowest BCUT2D eigenvalue weighted by Crippen LogP contribution is -1.97. The van der Waals surface area contributed by atoms with Gasteiger partial charge in [0.05, 0.1) is 0 Å². The summed E-state index contributed by atoms with van der Waals surface area (Å²) < 4.78 is 4.45. The van der Waals surface area contributed by atoms with E-state index in [0.29, 0.717) is 17.0 Å². The average Bonchev–Trinajstić information content (AvgIpc) is 2.84. The number of benzene rings is 1. The second-order valence-corrected chi connectivity index (χ2v) is 3.95. The highest BCUT2D eigenvalue weighted by Crippen LogP contribution is 2.25. The Morgan fingerprint density at radius 2 is 1.94 bits per heavy atom. The molecule has 2 rings (SSSR count). The molecule has 18 heavy (non-hydrogen) atoms. The highest BCUT2D eigenvalue weighted by Gasteiger charge is 2.10. The zero-order chi connectivity index (χ0) is 13.1. The Bertz CT molecular complexity index is 632. The van der Waals surface area contributed by atoms with Gasteiger partial charge in [-0.1, -0.05) is 49.5 Å². The van der Waals surface area contributed by atoms with E-state index in [1.807, 2.05) is 24.3 Å². The van der Waals surface area contributed by atoms with Gasteiger partial charge in [0.25, 0.3) is 0 Å². The van der Waals surface area contributed by atoms with Gasteiger partial charge in [0.2, 0.25) is 0 Å². The van der Waals surface area contributed by atoms with Crippen molar-refractivity contribution in [2.75, 3.05) is 0 Å². The molecule has 4 heteroatoms. The molecule has 0 amide bonds. The molecule has 0 spiro atoms. The molecule has 0 saturated heterocycles. The van der Waals surface area contributed by atoms with Crippen molar-refractivity contribution in [1.82, 2.24) is 10.1 Å². The summed E-state index contributed by atoms with van der Waals surface area (Å²) in [6.07, 6.45) is 0.990. The van der Waals surface area contributed by atoms with Gasteiger partial charge < -0.3 is 0 Å². The molecule has 0 unspecified atom stereocenters. The summed E-state index contributed by atoms with van der Waals surface area (Å²) in [5.41, 5.74) is 3.46. The zero-order valence-electron chi connectivity index (χ0n) is 10.2. The standard InChI is InChI=1S/C14H14N2O2/c1-4-11-5-7-12(8-6-11)9(2)10(3)13-15-14(17)18-16-13/h5-8H,2-4H2,1H3,(H,15,16,17). The van der Waals surface area contributed by atoms with E-state index in [2.05, 4.69) is 34.7 Å². The fourth-order valence-electron chi connectivity index (χ4n) is 1.62. The first-order chi connectivity index (χ1) is 8.61. The SMILES string of the molecule is C=C(C(=C)c1noc(=O)[nH]1)c1ccc(CC)cc1. The minimum Gasteiger partial charge on any atom is -0.296 e. The van der Waals surface area contributed by atoms with Crippen LogP contribution < -0.4 is 5.76 Å². The van der Waals surface area contributed by atoms with Crippen molar-refractivity contribution in [3.8, 4) is 0 Å². The summed E-state index contributed by atoms with van der Waals surface area (Å²) in [7, 11) is 0. The van der Waals surface area contributed by atoms with E-state index in [1.54, 1.807) is 0 Å². The van der Waals surface area contributed by atoms with Crippen molar-refractivity contribution in [1.29, 1.82) is 0 Å². The van der Waals surface area contributed by atoms with Crippen LogP contribution in [0.4, 0.5) is 0 Å². The summed E-state index contributed by atoms with van der Waals surface area (Å²) in [5.74, 6) is -0.287. The Balaban J connectivity index is 2.25. The van der Waals surface area contributed by atoms with Gasteiger partial charge in [-0.25, -0.2) is 4.79 Å². The lowest BCUT2D eigenvalue weighted by molar-refractivity contribution is 0.385. The molecule has 92 valence electrons. The first kappa shape index (κ1) is 12.1. The Kier molecular flexibility index (Phi) is 3.28. The Morgan fingerprint density at radius 1 is 1.28 bits per heavy atom. The van der Waals surface area contributed by atoms with Gasteiger partial charge in [-0.2, -0.15) is 0 Å². The van der Waals surface area contributed by atoms with Crippen LogP contribution >= 0.6 is 0 Å². The normalized spacial score (nSPS) is 10.3. The highest BCUT2D eigenvalue weighted by molar-refractivity contribution is 6.01. The monoisotopic (exact) mass is 242 g/mol. The number of aryl methyl sites for hydroxylation is 1. The molecule has 0 aliphatic carbocycles. The van der Waals surface area contributed by atoms with Crippen molar-refractivity contribution in [2.45, 2.75) is 13.3 Å². The van der Waals surface area contributed by atoms with Crippen LogP contribution in [0.3, 0.4) is 0 Å². The summed E-state index contributed by atoms with van der Waals surface area (Å²) >= 11 is 0. The molecule has 0 aliphatic rings. The molecule has 2 aromatic rings. The van der Waals surface area contributed by atoms with E-state index < -0.39 is 5.76 Å². The average molecular weight is 242 g/mol. The van der Waals surface area contributed by atoms with E-state index in [0.717, 1.165) is 12.0 Å². The Labute approximate surface area is 105 Å². The largest absolute Gasteiger partial charge is 0.439 e. The topological polar surface area (TPSA) is 58.9 Å². The molecule has 1 heterocycles. The van der Waals surface area contributed by atoms with E-state index in [9.17, 15) is 4.79 Å². The van der Waals surface area contributed by atoms with Crippen molar-refractivity contribution in [3.63, 3.8) is 0 Å². The molecular formula is C14H14N2O2. The highest BCUT2D eigenvalue weighted by atomic mass is 16.5. The fourth-order valence-corrected chi connectivity index (χ4v) is 1.62. The number of aromatic amines is 1. The summed E-state index contributed by atoms with van der Waals surface area (Å²) in [5, 5.41) is 3.59. The van der Waals surface area contributed by atoms with Crippen LogP contribution in [-0.4, -0.2) is 10.1 Å². The molecule has 1 aromatic carbocycles. The van der Waals surface area contributed by atoms with Crippen LogP contribution in [0, 0.1) is 0 Å². The number of hydrogen-bond donors (Lipinski definition) is 1. The quantitative estimate of drug-likeness (QED) is 0.838. The van der Waals surface area contributed by atoms with Crippen LogP contribution in [0.5, 0.6) is 0 Å². The maximum Gasteiger partial charge on any atom is 0.439 e. The van der Waals surface area contributed by atoms with Gasteiger partial charge in [-0.3, -0.25) is 9.51 Å². The molecule has 1 aromatic heterocycles. The molecule has 0 fully saturated rings. The summed E-state index contributed by atoms with van der Waals surface area (Å²) in [6, 6.07) is 8.04. The molecule has 0 radical (unpaired) electrons. The van der Waals surface area contributed by atoms with Crippen LogP contribution in [-0.2, 0) is 6.42 Å². The molecule has 4 nitrogen and oxygen atoms in total. The van der Waals surface area contributed by atoms with Crippen molar-refractivity contribution < 1.29 is 4.52 Å². The zero-order valence-corrected chi connectivity index (χ0v) is 10.2. The third kappa shape index (κ3) is 2.32. The number of hydrogen-bond acceptors (Lipinski definition) is 3. The maximum atomic E-state index is 10.9. The molecule has 0 atom stereocenters. The van der Waals surface area contributed by atoms with Gasteiger partial charge in [0.15, 0.2) is 5.82 Å². The molecule has 1 N–H and O–H groups in total. The number of allylic oxidation sites excluding steroid dienone is 2. The lowest BCUT2D eigenvalue weighted by Gasteiger charge is -2.07. The lowest BCUT2D eigenvalue weighted by atomic mass is 9.99. The molecule has 0 saturated carbocycles. The van der Waals surface area contributed by atoms with Gasteiger partial charge in [-0.15, -0.1) is 0 Å². The van der Waals surface area contributed by atoms with Gasteiger partial charge in [0.1, 0.15) is 0 Å². The Morgan fingerprint density at radius 3 is 2.44 bits per heavy atom. The van der Waals surface area contributed by atoms with Crippen LogP contribution in [0.1, 0.15) is 23.9 Å². The van der Waals surface area contributed by atoms with Crippen molar-refractivity contribution in [2.24, 2.45) is 0 Å². The van der Waals surface area contributed by atoms with Gasteiger partial charge in [0, 0.05) is 5.57 Å². The van der Waals surface area contributed by atoms with Crippen LogP contribution in [0.25, 0.3) is 11.1 Å². The minimum absolute atomic E-state index is 0.310. The molecule has 0 bridgehead atoms. The second kappa shape index (κ2) is 4.87. The van der Waals surface area contributed by atoms with E-state index in [-0.39, 0.29) is 0 Å². The summed E-state index contributed by atoms with van der Waals surface area (Å²) in [4.78, 5) is 13.3. The summed E-state index contributed by atoms with van der Waals surface area (Å²) in [6.45, 7) is 9.93. The van der Waals surface area contributed by atoms with Crippen molar-refractivity contribution >= 4 is 11.1 Å².